The lowest BCUT2D eigenvalue weighted by Crippen LogP contribution is -2.29. The zero-order valence-electron chi connectivity index (χ0n) is 22.1. The molecule has 2 N–H and O–H groups in total. The fourth-order valence-electron chi connectivity index (χ4n) is 5.33. The third kappa shape index (κ3) is 5.08. The van der Waals surface area contributed by atoms with Crippen molar-refractivity contribution < 1.29 is 4.79 Å². The average Bonchev–Trinajstić information content (AvgIpc) is 3.63. The lowest BCUT2D eigenvalue weighted by molar-refractivity contribution is 0.0996. The van der Waals surface area contributed by atoms with Crippen LogP contribution in [0.5, 0.6) is 0 Å². The van der Waals surface area contributed by atoms with Gasteiger partial charge in [-0.2, -0.15) is 0 Å². The summed E-state index contributed by atoms with van der Waals surface area (Å²) in [6.07, 6.45) is 6.03. The predicted octanol–water partition coefficient (Wildman–Crippen LogP) is 3.07. The highest BCUT2D eigenvalue weighted by atomic mass is 16.2. The molecule has 196 valence electrons. The van der Waals surface area contributed by atoms with E-state index in [1.807, 2.05) is 35.8 Å². The second-order valence-corrected chi connectivity index (χ2v) is 10.1. The molecule has 0 aromatic carbocycles. The number of unbranched alkanes of at least 4 members (excludes halogenated alkanes) is 1. The molecule has 1 saturated heterocycles. The van der Waals surface area contributed by atoms with Gasteiger partial charge in [-0.1, -0.05) is 6.07 Å². The third-order valence-electron chi connectivity index (χ3n) is 7.45. The summed E-state index contributed by atoms with van der Waals surface area (Å²) in [4.78, 5) is 30.1. The topological polar surface area (TPSA) is 109 Å². The summed E-state index contributed by atoms with van der Waals surface area (Å²) >= 11 is 0. The van der Waals surface area contributed by atoms with Crippen molar-refractivity contribution in [3.63, 3.8) is 0 Å². The van der Waals surface area contributed by atoms with Crippen LogP contribution in [0.1, 0.15) is 61.1 Å². The number of anilines is 2. The molecule has 1 atom stereocenters. The molecule has 0 radical (unpaired) electrons. The van der Waals surface area contributed by atoms with Crippen LogP contribution in [-0.4, -0.2) is 68.3 Å². The van der Waals surface area contributed by atoms with E-state index in [0.29, 0.717) is 43.0 Å². The molecule has 5 rings (SSSR count). The molecule has 2 aliphatic rings. The highest BCUT2D eigenvalue weighted by Gasteiger charge is 2.34. The average molecular weight is 504 g/mol. The van der Waals surface area contributed by atoms with Crippen LogP contribution in [0, 0.1) is 0 Å². The van der Waals surface area contributed by atoms with E-state index in [1.54, 1.807) is 11.2 Å². The van der Waals surface area contributed by atoms with Crippen molar-refractivity contribution in [1.29, 1.82) is 0 Å². The number of nitrogens with zero attached hydrogens (tertiary/aromatic N) is 8. The summed E-state index contributed by atoms with van der Waals surface area (Å²) in [5, 5.41) is 8.27. The summed E-state index contributed by atoms with van der Waals surface area (Å²) in [5.74, 6) is 2.18. The van der Waals surface area contributed by atoms with Gasteiger partial charge in [-0.15, -0.1) is 10.2 Å². The zero-order chi connectivity index (χ0) is 25.9. The van der Waals surface area contributed by atoms with E-state index in [9.17, 15) is 4.79 Å². The van der Waals surface area contributed by atoms with E-state index in [4.69, 9.17) is 15.7 Å². The minimum Gasteiger partial charge on any atom is -0.354 e. The van der Waals surface area contributed by atoms with Gasteiger partial charge in [0.1, 0.15) is 23.7 Å². The van der Waals surface area contributed by atoms with Gasteiger partial charge < -0.3 is 20.1 Å². The van der Waals surface area contributed by atoms with Crippen molar-refractivity contribution in [2.75, 3.05) is 36.5 Å². The standard InChI is InChI=1S/C27H37N9O/c1-4-34-18-29-32-26(34)22-10-7-11-24(30-22)36-16-21-20(27(36)37)15-25(35-14-8-9-19(35)2)31-23(21)17-33(3)13-6-5-12-28/h7,10-11,15,18-19H,4-6,8-9,12-14,16-17,28H2,1-3H3/t19-/m1/s1. The van der Waals surface area contributed by atoms with Crippen molar-refractivity contribution in [3.05, 3.63) is 47.4 Å². The van der Waals surface area contributed by atoms with Gasteiger partial charge in [0, 0.05) is 31.2 Å². The first kappa shape index (κ1) is 25.3. The zero-order valence-corrected chi connectivity index (χ0v) is 22.1. The molecule has 0 unspecified atom stereocenters. The van der Waals surface area contributed by atoms with Crippen LogP contribution in [0.15, 0.2) is 30.6 Å². The van der Waals surface area contributed by atoms with E-state index in [2.05, 4.69) is 34.0 Å². The largest absolute Gasteiger partial charge is 0.354 e. The monoisotopic (exact) mass is 503 g/mol. The fourth-order valence-corrected chi connectivity index (χ4v) is 5.33. The van der Waals surface area contributed by atoms with Gasteiger partial charge in [0.25, 0.3) is 5.91 Å². The first-order valence-corrected chi connectivity index (χ1v) is 13.3. The Labute approximate surface area is 218 Å². The minimum absolute atomic E-state index is 0.0286. The Hall–Kier alpha value is -3.37. The second-order valence-electron chi connectivity index (χ2n) is 10.1. The molecule has 0 saturated carbocycles. The van der Waals surface area contributed by atoms with Crippen molar-refractivity contribution in [3.8, 4) is 11.5 Å². The Bertz CT molecular complexity index is 1260. The van der Waals surface area contributed by atoms with Crippen LogP contribution in [0.25, 0.3) is 11.5 Å². The minimum atomic E-state index is -0.0286. The van der Waals surface area contributed by atoms with Gasteiger partial charge in [-0.05, 0) is 77.9 Å². The van der Waals surface area contributed by atoms with E-state index < -0.39 is 0 Å². The van der Waals surface area contributed by atoms with Crippen molar-refractivity contribution >= 4 is 17.5 Å². The van der Waals surface area contributed by atoms with Gasteiger partial charge in [-0.25, -0.2) is 9.97 Å². The maximum atomic E-state index is 13.8. The molecule has 0 spiro atoms. The number of rotatable bonds is 10. The van der Waals surface area contributed by atoms with Crippen molar-refractivity contribution in [1.82, 2.24) is 29.6 Å². The molecule has 5 heterocycles. The summed E-state index contributed by atoms with van der Waals surface area (Å²) < 4.78 is 1.94. The third-order valence-corrected chi connectivity index (χ3v) is 7.45. The summed E-state index contributed by atoms with van der Waals surface area (Å²) in [6, 6.07) is 8.13. The highest BCUT2D eigenvalue weighted by Crippen LogP contribution is 2.34. The number of amides is 1. The number of aryl methyl sites for hydroxylation is 1. The summed E-state index contributed by atoms with van der Waals surface area (Å²) in [5.41, 5.74) is 9.09. The van der Waals surface area contributed by atoms with E-state index in [-0.39, 0.29) is 5.91 Å². The Morgan fingerprint density at radius 1 is 1.19 bits per heavy atom. The highest BCUT2D eigenvalue weighted by molar-refractivity contribution is 6.10. The van der Waals surface area contributed by atoms with Gasteiger partial charge in [-0.3, -0.25) is 9.69 Å². The number of hydrogen-bond acceptors (Lipinski definition) is 8. The van der Waals surface area contributed by atoms with Crippen molar-refractivity contribution in [2.24, 2.45) is 5.73 Å². The van der Waals surface area contributed by atoms with Crippen LogP contribution in [-0.2, 0) is 19.6 Å². The molecule has 3 aromatic rings. The molecule has 1 amide bonds. The molecule has 37 heavy (non-hydrogen) atoms. The van der Waals surface area contributed by atoms with Crippen LogP contribution in [0.3, 0.4) is 0 Å². The SMILES string of the molecule is CCn1cnnc1-c1cccc(N2Cc3c(cc(N4CCC[C@H]4C)nc3CN(C)CCCCN)C2=O)n1. The van der Waals surface area contributed by atoms with Crippen LogP contribution >= 0.6 is 0 Å². The Kier molecular flexibility index (Phi) is 7.48. The second kappa shape index (κ2) is 10.9. The Morgan fingerprint density at radius 2 is 2.05 bits per heavy atom. The lowest BCUT2D eigenvalue weighted by Gasteiger charge is -2.25. The van der Waals surface area contributed by atoms with Crippen LogP contribution < -0.4 is 15.5 Å². The number of aromatic nitrogens is 5. The molecular weight excluding hydrogens is 466 g/mol. The quantitative estimate of drug-likeness (QED) is 0.421. The van der Waals surface area contributed by atoms with Gasteiger partial charge in [0.2, 0.25) is 0 Å². The lowest BCUT2D eigenvalue weighted by atomic mass is 10.1. The van der Waals surface area contributed by atoms with Gasteiger partial charge in [0.05, 0.1) is 17.8 Å². The maximum absolute atomic E-state index is 13.8. The van der Waals surface area contributed by atoms with Crippen LogP contribution in [0.2, 0.25) is 0 Å². The molecule has 2 aliphatic heterocycles. The fraction of sp³-hybridized carbons (Fsp3) is 0.519. The molecular formula is C27H37N9O. The first-order chi connectivity index (χ1) is 18.0. The smallest absolute Gasteiger partial charge is 0.260 e. The Morgan fingerprint density at radius 3 is 2.81 bits per heavy atom. The molecule has 10 heteroatoms. The van der Waals surface area contributed by atoms with E-state index in [0.717, 1.165) is 68.0 Å². The van der Waals surface area contributed by atoms with Crippen molar-refractivity contribution in [2.45, 2.75) is 65.2 Å². The van der Waals surface area contributed by atoms with E-state index in [1.165, 1.54) is 0 Å². The van der Waals surface area contributed by atoms with Crippen LogP contribution in [0.4, 0.5) is 11.6 Å². The van der Waals surface area contributed by atoms with Gasteiger partial charge >= 0.3 is 0 Å². The number of carbonyl (C=O) groups is 1. The maximum Gasteiger partial charge on any atom is 0.260 e. The number of carbonyl (C=O) groups excluding carboxylic acids is 1. The number of hydrogen-bond donors (Lipinski definition) is 1. The molecule has 1 fully saturated rings. The van der Waals surface area contributed by atoms with E-state index >= 15 is 0 Å². The first-order valence-electron chi connectivity index (χ1n) is 13.3. The normalized spacial score (nSPS) is 17.3. The molecule has 10 nitrogen and oxygen atoms in total. The van der Waals surface area contributed by atoms with Gasteiger partial charge in [0.15, 0.2) is 5.82 Å². The molecule has 3 aromatic heterocycles. The molecule has 0 aliphatic carbocycles. The molecule has 0 bridgehead atoms. The Balaban J connectivity index is 1.48. The number of pyridine rings is 2. The summed E-state index contributed by atoms with van der Waals surface area (Å²) in [7, 11) is 2.11. The number of fused-ring (bicyclic) bond motifs is 1. The number of nitrogens with two attached hydrogens (primary N) is 1. The summed E-state index contributed by atoms with van der Waals surface area (Å²) in [6.45, 7) is 8.78. The predicted molar refractivity (Wildman–Crippen MR) is 144 cm³/mol.